The number of thiazole rings is 1. The maximum atomic E-state index is 11.0. The van der Waals surface area contributed by atoms with E-state index in [0.717, 1.165) is 10.7 Å². The molecule has 0 spiro atoms. The summed E-state index contributed by atoms with van der Waals surface area (Å²) in [6, 6.07) is -0.0632. The summed E-state index contributed by atoms with van der Waals surface area (Å²) in [5.74, 6) is 5.62. The molecule has 92 valence electrons. The highest BCUT2D eigenvalue weighted by atomic mass is 32.2. The first-order chi connectivity index (χ1) is 7.42. The predicted octanol–water partition coefficient (Wildman–Crippen LogP) is 0.781. The molecular weight excluding hydrogens is 246 g/mol. The van der Waals surface area contributed by atoms with Crippen LogP contribution >= 0.6 is 11.3 Å². The molecule has 0 aliphatic carbocycles. The Kier molecular flexibility index (Phi) is 4.85. The third kappa shape index (κ3) is 4.56. The van der Waals surface area contributed by atoms with Gasteiger partial charge in [0.15, 0.2) is 0 Å². The average Bonchev–Trinajstić information content (AvgIpc) is 2.58. The highest BCUT2D eigenvalue weighted by Crippen LogP contribution is 2.19. The molecule has 0 saturated heterocycles. The van der Waals surface area contributed by atoms with E-state index < -0.39 is 9.84 Å². The van der Waals surface area contributed by atoms with Crippen molar-refractivity contribution in [3.05, 3.63) is 16.1 Å². The minimum Gasteiger partial charge on any atom is -0.271 e. The second kappa shape index (κ2) is 5.72. The number of hydrazine groups is 1. The second-order valence-electron chi connectivity index (χ2n) is 3.78. The lowest BCUT2D eigenvalue weighted by atomic mass is 10.1. The Balaban J connectivity index is 2.50. The summed E-state index contributed by atoms with van der Waals surface area (Å²) in [6.45, 7) is 1.93. The van der Waals surface area contributed by atoms with Gasteiger partial charge in [-0.15, -0.1) is 11.3 Å². The zero-order valence-corrected chi connectivity index (χ0v) is 11.1. The summed E-state index contributed by atoms with van der Waals surface area (Å²) >= 11 is 1.56. The molecule has 1 unspecified atom stereocenters. The molecule has 3 N–H and O–H groups in total. The van der Waals surface area contributed by atoms with Crippen molar-refractivity contribution in [2.75, 3.05) is 12.0 Å². The molecule has 1 atom stereocenters. The van der Waals surface area contributed by atoms with Gasteiger partial charge in [-0.3, -0.25) is 11.3 Å². The van der Waals surface area contributed by atoms with E-state index in [0.29, 0.717) is 12.8 Å². The number of hydrogen-bond donors (Lipinski definition) is 2. The SMILES string of the molecule is Cc1nc(C(CCCS(C)(=O)=O)NN)cs1. The normalized spacial score (nSPS) is 13.9. The molecule has 7 heteroatoms. The topological polar surface area (TPSA) is 85.1 Å². The van der Waals surface area contributed by atoms with Crippen LogP contribution < -0.4 is 11.3 Å². The molecule has 16 heavy (non-hydrogen) atoms. The van der Waals surface area contributed by atoms with Crippen molar-refractivity contribution in [3.63, 3.8) is 0 Å². The van der Waals surface area contributed by atoms with Crippen LogP contribution in [0, 0.1) is 6.92 Å². The van der Waals surface area contributed by atoms with Crippen LogP contribution in [-0.4, -0.2) is 25.4 Å². The molecular formula is C9H17N3O2S2. The largest absolute Gasteiger partial charge is 0.271 e. The van der Waals surface area contributed by atoms with Crippen molar-refractivity contribution in [2.45, 2.75) is 25.8 Å². The van der Waals surface area contributed by atoms with Crippen molar-refractivity contribution in [3.8, 4) is 0 Å². The van der Waals surface area contributed by atoms with Gasteiger partial charge in [-0.25, -0.2) is 13.4 Å². The van der Waals surface area contributed by atoms with E-state index in [2.05, 4.69) is 10.4 Å². The quantitative estimate of drug-likeness (QED) is 0.585. The Morgan fingerprint density at radius 3 is 2.75 bits per heavy atom. The third-order valence-corrected chi connectivity index (χ3v) is 4.02. The lowest BCUT2D eigenvalue weighted by molar-refractivity contribution is 0.498. The van der Waals surface area contributed by atoms with Crippen molar-refractivity contribution < 1.29 is 8.42 Å². The van der Waals surface area contributed by atoms with E-state index in [1.807, 2.05) is 12.3 Å². The van der Waals surface area contributed by atoms with Crippen molar-refractivity contribution in [1.82, 2.24) is 10.4 Å². The molecule has 0 aromatic carbocycles. The summed E-state index contributed by atoms with van der Waals surface area (Å²) in [5, 5.41) is 2.93. The Hall–Kier alpha value is -0.500. The molecule has 0 aliphatic heterocycles. The van der Waals surface area contributed by atoms with Gasteiger partial charge in [0.25, 0.3) is 0 Å². The van der Waals surface area contributed by atoms with Crippen LogP contribution in [0.4, 0.5) is 0 Å². The molecule has 0 aliphatic rings. The molecule has 1 aromatic rings. The summed E-state index contributed by atoms with van der Waals surface area (Å²) < 4.78 is 22.0. The molecule has 1 rings (SSSR count). The smallest absolute Gasteiger partial charge is 0.147 e. The highest BCUT2D eigenvalue weighted by Gasteiger charge is 2.13. The lowest BCUT2D eigenvalue weighted by Crippen LogP contribution is -2.28. The zero-order chi connectivity index (χ0) is 12.2. The predicted molar refractivity (Wildman–Crippen MR) is 65.9 cm³/mol. The Labute approximate surface area is 100.0 Å². The number of aryl methyl sites for hydroxylation is 1. The Morgan fingerprint density at radius 1 is 1.62 bits per heavy atom. The monoisotopic (exact) mass is 263 g/mol. The van der Waals surface area contributed by atoms with Gasteiger partial charge in [0.2, 0.25) is 0 Å². The van der Waals surface area contributed by atoms with Gasteiger partial charge in [0, 0.05) is 17.4 Å². The number of nitrogens with one attached hydrogen (secondary N) is 1. The van der Waals surface area contributed by atoms with Crippen LogP contribution in [-0.2, 0) is 9.84 Å². The second-order valence-corrected chi connectivity index (χ2v) is 7.10. The maximum Gasteiger partial charge on any atom is 0.147 e. The number of aromatic nitrogens is 1. The van der Waals surface area contributed by atoms with Crippen LogP contribution in [0.1, 0.15) is 29.6 Å². The first-order valence-corrected chi connectivity index (χ1v) is 7.92. The molecule has 0 fully saturated rings. The number of sulfone groups is 1. The lowest BCUT2D eigenvalue weighted by Gasteiger charge is -2.12. The van der Waals surface area contributed by atoms with Gasteiger partial charge in [-0.05, 0) is 19.8 Å². The first kappa shape index (κ1) is 13.6. The molecule has 5 nitrogen and oxygen atoms in total. The summed E-state index contributed by atoms with van der Waals surface area (Å²) in [4.78, 5) is 4.32. The molecule has 0 saturated carbocycles. The van der Waals surface area contributed by atoms with Crippen LogP contribution in [0.2, 0.25) is 0 Å². The van der Waals surface area contributed by atoms with E-state index in [4.69, 9.17) is 5.84 Å². The van der Waals surface area contributed by atoms with Crippen molar-refractivity contribution >= 4 is 21.2 Å². The number of rotatable bonds is 6. The van der Waals surface area contributed by atoms with Crippen LogP contribution in [0.25, 0.3) is 0 Å². The number of nitrogens with two attached hydrogens (primary N) is 1. The fourth-order valence-corrected chi connectivity index (χ4v) is 2.76. The molecule has 0 bridgehead atoms. The molecule has 1 heterocycles. The average molecular weight is 263 g/mol. The van der Waals surface area contributed by atoms with Crippen LogP contribution in [0.5, 0.6) is 0 Å². The fourth-order valence-electron chi connectivity index (χ4n) is 1.41. The standard InChI is InChI=1S/C9H17N3O2S2/c1-7-11-9(6-15-7)8(12-10)4-3-5-16(2,13)14/h6,8,12H,3-5,10H2,1-2H3. The highest BCUT2D eigenvalue weighted by molar-refractivity contribution is 7.90. The minimum atomic E-state index is -2.89. The number of hydrogen-bond acceptors (Lipinski definition) is 6. The Bertz CT molecular complexity index is 428. The van der Waals surface area contributed by atoms with Gasteiger partial charge < -0.3 is 0 Å². The van der Waals surface area contributed by atoms with E-state index in [1.165, 1.54) is 6.26 Å². The minimum absolute atomic E-state index is 0.0632. The fraction of sp³-hybridized carbons (Fsp3) is 0.667. The van der Waals surface area contributed by atoms with E-state index in [-0.39, 0.29) is 11.8 Å². The van der Waals surface area contributed by atoms with E-state index >= 15 is 0 Å². The van der Waals surface area contributed by atoms with Gasteiger partial charge in [-0.1, -0.05) is 0 Å². The zero-order valence-electron chi connectivity index (χ0n) is 9.43. The van der Waals surface area contributed by atoms with E-state index in [1.54, 1.807) is 11.3 Å². The summed E-state index contributed by atoms with van der Waals surface area (Å²) in [6.07, 6.45) is 2.50. The van der Waals surface area contributed by atoms with Gasteiger partial charge in [-0.2, -0.15) is 0 Å². The van der Waals surface area contributed by atoms with Gasteiger partial charge in [0.1, 0.15) is 9.84 Å². The van der Waals surface area contributed by atoms with E-state index in [9.17, 15) is 8.42 Å². The molecule has 0 radical (unpaired) electrons. The van der Waals surface area contributed by atoms with Crippen LogP contribution in [0.15, 0.2) is 5.38 Å². The van der Waals surface area contributed by atoms with Crippen LogP contribution in [0.3, 0.4) is 0 Å². The summed E-state index contributed by atoms with van der Waals surface area (Å²) in [7, 11) is -2.89. The van der Waals surface area contributed by atoms with Crippen molar-refractivity contribution in [1.29, 1.82) is 0 Å². The van der Waals surface area contributed by atoms with Gasteiger partial charge >= 0.3 is 0 Å². The van der Waals surface area contributed by atoms with Crippen molar-refractivity contribution in [2.24, 2.45) is 5.84 Å². The Morgan fingerprint density at radius 2 is 2.31 bits per heavy atom. The summed E-state index contributed by atoms with van der Waals surface area (Å²) in [5.41, 5.74) is 3.55. The van der Waals surface area contributed by atoms with Gasteiger partial charge in [0.05, 0.1) is 16.7 Å². The molecule has 1 aromatic heterocycles. The third-order valence-electron chi connectivity index (χ3n) is 2.20. The number of nitrogens with zero attached hydrogens (tertiary/aromatic N) is 1. The first-order valence-electron chi connectivity index (χ1n) is 4.98. The molecule has 0 amide bonds. The maximum absolute atomic E-state index is 11.0.